The summed E-state index contributed by atoms with van der Waals surface area (Å²) in [5.41, 5.74) is 1.29. The maximum absolute atomic E-state index is 4.46. The van der Waals surface area contributed by atoms with Gasteiger partial charge in [-0.25, -0.2) is 0 Å². The van der Waals surface area contributed by atoms with Crippen LogP contribution in [0.2, 0.25) is 0 Å². The Balaban J connectivity index is 2.25. The van der Waals surface area contributed by atoms with Gasteiger partial charge in [0.25, 0.3) is 0 Å². The molecule has 1 unspecified atom stereocenters. The van der Waals surface area contributed by atoms with E-state index >= 15 is 0 Å². The molecular weight excluding hydrogens is 158 g/mol. The lowest BCUT2D eigenvalue weighted by atomic mass is 9.88. The van der Waals surface area contributed by atoms with Gasteiger partial charge in [-0.15, -0.1) is 0 Å². The van der Waals surface area contributed by atoms with Gasteiger partial charge >= 0.3 is 0 Å². The van der Waals surface area contributed by atoms with Crippen molar-refractivity contribution in [2.24, 2.45) is 11.8 Å². The van der Waals surface area contributed by atoms with E-state index in [9.17, 15) is 0 Å². The van der Waals surface area contributed by atoms with Gasteiger partial charge in [0.1, 0.15) is 0 Å². The standard InChI is InChI=1S/C12H17N/c1-9-6-7-10(2)12(9)11-5-3-4-8-13-11/h3-5,8-10,12H,6-7H2,1-2H3/t9-,10+,12?. The molecule has 0 aliphatic heterocycles. The molecule has 0 aromatic carbocycles. The molecule has 1 saturated carbocycles. The second-order valence-corrected chi connectivity index (χ2v) is 4.31. The van der Waals surface area contributed by atoms with Crippen LogP contribution in [0, 0.1) is 11.8 Å². The van der Waals surface area contributed by atoms with Crippen molar-refractivity contribution in [3.05, 3.63) is 30.1 Å². The minimum Gasteiger partial charge on any atom is -0.261 e. The summed E-state index contributed by atoms with van der Waals surface area (Å²) in [6, 6.07) is 6.26. The fourth-order valence-corrected chi connectivity index (χ4v) is 2.60. The molecule has 1 heterocycles. The van der Waals surface area contributed by atoms with Gasteiger partial charge in [0.05, 0.1) is 0 Å². The predicted octanol–water partition coefficient (Wildman–Crippen LogP) is 3.23. The molecule has 0 saturated heterocycles. The topological polar surface area (TPSA) is 12.9 Å². The largest absolute Gasteiger partial charge is 0.261 e. The fraction of sp³-hybridized carbons (Fsp3) is 0.583. The molecule has 0 bridgehead atoms. The zero-order valence-electron chi connectivity index (χ0n) is 8.40. The highest BCUT2D eigenvalue weighted by Crippen LogP contribution is 2.42. The number of hydrogen-bond acceptors (Lipinski definition) is 1. The quantitative estimate of drug-likeness (QED) is 0.638. The fourth-order valence-electron chi connectivity index (χ4n) is 2.60. The van der Waals surface area contributed by atoms with Crippen molar-refractivity contribution in [2.75, 3.05) is 0 Å². The van der Waals surface area contributed by atoms with Crippen molar-refractivity contribution in [1.29, 1.82) is 0 Å². The third kappa shape index (κ3) is 1.60. The van der Waals surface area contributed by atoms with Crippen molar-refractivity contribution in [2.45, 2.75) is 32.6 Å². The van der Waals surface area contributed by atoms with E-state index in [0.29, 0.717) is 5.92 Å². The van der Waals surface area contributed by atoms with Gasteiger partial charge in [-0.2, -0.15) is 0 Å². The van der Waals surface area contributed by atoms with Crippen LogP contribution >= 0.6 is 0 Å². The number of pyridine rings is 1. The van der Waals surface area contributed by atoms with Crippen molar-refractivity contribution in [3.8, 4) is 0 Å². The molecule has 3 atom stereocenters. The van der Waals surface area contributed by atoms with Gasteiger partial charge < -0.3 is 0 Å². The first-order valence-corrected chi connectivity index (χ1v) is 5.20. The highest BCUT2D eigenvalue weighted by atomic mass is 14.7. The monoisotopic (exact) mass is 175 g/mol. The second-order valence-electron chi connectivity index (χ2n) is 4.31. The minimum atomic E-state index is 0.696. The van der Waals surface area contributed by atoms with E-state index in [0.717, 1.165) is 11.8 Å². The van der Waals surface area contributed by atoms with Gasteiger partial charge in [0, 0.05) is 17.8 Å². The van der Waals surface area contributed by atoms with Crippen LogP contribution in [0.1, 0.15) is 38.3 Å². The van der Waals surface area contributed by atoms with Crippen molar-refractivity contribution < 1.29 is 0 Å². The van der Waals surface area contributed by atoms with E-state index in [1.807, 2.05) is 12.3 Å². The average Bonchev–Trinajstić information content (AvgIpc) is 2.48. The first-order chi connectivity index (χ1) is 6.29. The Kier molecular flexibility index (Phi) is 2.34. The van der Waals surface area contributed by atoms with E-state index in [4.69, 9.17) is 0 Å². The van der Waals surface area contributed by atoms with E-state index in [-0.39, 0.29) is 0 Å². The van der Waals surface area contributed by atoms with E-state index < -0.39 is 0 Å². The van der Waals surface area contributed by atoms with Crippen LogP contribution in [0.4, 0.5) is 0 Å². The Morgan fingerprint density at radius 2 is 1.85 bits per heavy atom. The maximum atomic E-state index is 4.46. The van der Waals surface area contributed by atoms with Crippen LogP contribution in [-0.4, -0.2) is 4.98 Å². The number of hydrogen-bond donors (Lipinski definition) is 0. The molecular formula is C12H17N. The Hall–Kier alpha value is -0.850. The van der Waals surface area contributed by atoms with Crippen LogP contribution in [0.3, 0.4) is 0 Å². The number of aromatic nitrogens is 1. The molecule has 0 radical (unpaired) electrons. The van der Waals surface area contributed by atoms with Crippen LogP contribution in [0.25, 0.3) is 0 Å². The third-order valence-corrected chi connectivity index (χ3v) is 3.33. The summed E-state index contributed by atoms with van der Waals surface area (Å²) in [5, 5.41) is 0. The Morgan fingerprint density at radius 3 is 2.38 bits per heavy atom. The molecule has 1 nitrogen and oxygen atoms in total. The Morgan fingerprint density at radius 1 is 1.15 bits per heavy atom. The summed E-state index contributed by atoms with van der Waals surface area (Å²) in [6.07, 6.45) is 4.64. The lowest BCUT2D eigenvalue weighted by molar-refractivity contribution is 0.450. The van der Waals surface area contributed by atoms with Gasteiger partial charge in [0.15, 0.2) is 0 Å². The smallest absolute Gasteiger partial charge is 0.0439 e. The van der Waals surface area contributed by atoms with Crippen molar-refractivity contribution in [1.82, 2.24) is 4.98 Å². The summed E-state index contributed by atoms with van der Waals surface area (Å²) in [5.74, 6) is 2.32. The summed E-state index contributed by atoms with van der Waals surface area (Å²) in [6.45, 7) is 4.70. The van der Waals surface area contributed by atoms with Gasteiger partial charge in [0.2, 0.25) is 0 Å². The van der Waals surface area contributed by atoms with Crippen LogP contribution in [0.15, 0.2) is 24.4 Å². The van der Waals surface area contributed by atoms with Gasteiger partial charge in [-0.1, -0.05) is 19.9 Å². The molecule has 1 aliphatic carbocycles. The molecule has 70 valence electrons. The SMILES string of the molecule is C[C@@H]1CC[C@H](C)C1c1ccccn1. The summed E-state index contributed by atoms with van der Waals surface area (Å²) in [4.78, 5) is 4.46. The molecule has 0 spiro atoms. The number of rotatable bonds is 1. The Bertz CT molecular complexity index is 258. The molecule has 1 aromatic heterocycles. The minimum absolute atomic E-state index is 0.696. The zero-order valence-corrected chi connectivity index (χ0v) is 8.40. The van der Waals surface area contributed by atoms with Crippen LogP contribution < -0.4 is 0 Å². The van der Waals surface area contributed by atoms with Crippen molar-refractivity contribution >= 4 is 0 Å². The van der Waals surface area contributed by atoms with Crippen LogP contribution in [-0.2, 0) is 0 Å². The highest BCUT2D eigenvalue weighted by Gasteiger charge is 2.31. The van der Waals surface area contributed by atoms with Crippen LogP contribution in [0.5, 0.6) is 0 Å². The van der Waals surface area contributed by atoms with Gasteiger partial charge in [-0.3, -0.25) is 4.98 Å². The van der Waals surface area contributed by atoms with Crippen molar-refractivity contribution in [3.63, 3.8) is 0 Å². The molecule has 1 fully saturated rings. The first kappa shape index (κ1) is 8.74. The van der Waals surface area contributed by atoms with E-state index in [1.165, 1.54) is 18.5 Å². The third-order valence-electron chi connectivity index (χ3n) is 3.33. The molecule has 2 rings (SSSR count). The lowest BCUT2D eigenvalue weighted by Crippen LogP contribution is -2.09. The maximum Gasteiger partial charge on any atom is 0.0439 e. The predicted molar refractivity (Wildman–Crippen MR) is 54.5 cm³/mol. The molecule has 1 aliphatic rings. The van der Waals surface area contributed by atoms with Gasteiger partial charge in [-0.05, 0) is 36.8 Å². The summed E-state index contributed by atoms with van der Waals surface area (Å²) >= 11 is 0. The molecule has 0 amide bonds. The molecule has 0 N–H and O–H groups in total. The summed E-state index contributed by atoms with van der Waals surface area (Å²) in [7, 11) is 0. The second kappa shape index (κ2) is 3.49. The first-order valence-electron chi connectivity index (χ1n) is 5.20. The zero-order chi connectivity index (χ0) is 9.26. The summed E-state index contributed by atoms with van der Waals surface area (Å²) < 4.78 is 0. The average molecular weight is 175 g/mol. The molecule has 1 aromatic rings. The normalized spacial score (nSPS) is 33.5. The Labute approximate surface area is 80.2 Å². The molecule has 1 heteroatoms. The lowest BCUT2D eigenvalue weighted by Gasteiger charge is -2.18. The molecule has 13 heavy (non-hydrogen) atoms. The number of nitrogens with zero attached hydrogens (tertiary/aromatic N) is 1. The highest BCUT2D eigenvalue weighted by molar-refractivity contribution is 5.13. The van der Waals surface area contributed by atoms with E-state index in [1.54, 1.807) is 0 Å². The van der Waals surface area contributed by atoms with E-state index in [2.05, 4.69) is 31.0 Å².